The number of aromatic amines is 1. The molecular formula is C17H26N4O5S. The van der Waals surface area contributed by atoms with Crippen LogP contribution in [0.1, 0.15) is 41.5 Å². The first kappa shape index (κ1) is 19.8. The first-order valence-corrected chi connectivity index (χ1v) is 11.0. The molecule has 150 valence electrons. The van der Waals surface area contributed by atoms with Gasteiger partial charge in [-0.3, -0.25) is 14.7 Å². The van der Waals surface area contributed by atoms with Crippen LogP contribution >= 0.6 is 0 Å². The average molecular weight is 398 g/mol. The summed E-state index contributed by atoms with van der Waals surface area (Å²) in [5.74, 6) is -0.345. The molecule has 0 spiro atoms. The van der Waals surface area contributed by atoms with Crippen LogP contribution in [0.25, 0.3) is 0 Å². The second-order valence-electron chi connectivity index (χ2n) is 7.30. The summed E-state index contributed by atoms with van der Waals surface area (Å²) in [6, 6.07) is -0.126. The molecule has 0 bridgehead atoms. The molecule has 10 heteroatoms. The van der Waals surface area contributed by atoms with E-state index in [0.717, 1.165) is 11.3 Å². The van der Waals surface area contributed by atoms with E-state index in [1.807, 2.05) is 6.92 Å². The largest absolute Gasteiger partial charge is 0.383 e. The van der Waals surface area contributed by atoms with Crippen molar-refractivity contribution in [3.8, 4) is 0 Å². The van der Waals surface area contributed by atoms with Gasteiger partial charge in [0.25, 0.3) is 5.91 Å². The topological polar surface area (TPSA) is 121 Å². The van der Waals surface area contributed by atoms with Crippen molar-refractivity contribution >= 4 is 21.7 Å². The number of H-pyrrole nitrogens is 1. The molecule has 1 fully saturated rings. The fourth-order valence-electron chi connectivity index (χ4n) is 3.67. The van der Waals surface area contributed by atoms with Gasteiger partial charge in [-0.15, -0.1) is 0 Å². The van der Waals surface area contributed by atoms with Gasteiger partial charge in [-0.2, -0.15) is 5.10 Å². The van der Waals surface area contributed by atoms with E-state index in [1.54, 1.807) is 12.0 Å². The molecule has 1 saturated heterocycles. The van der Waals surface area contributed by atoms with Crippen LogP contribution in [0.3, 0.4) is 0 Å². The van der Waals surface area contributed by atoms with Crippen molar-refractivity contribution in [1.29, 1.82) is 0 Å². The molecule has 3 heterocycles. The molecule has 27 heavy (non-hydrogen) atoms. The van der Waals surface area contributed by atoms with Gasteiger partial charge in [0, 0.05) is 31.2 Å². The summed E-state index contributed by atoms with van der Waals surface area (Å²) in [6.07, 6.45) is 1.32. The molecule has 1 atom stereocenters. The molecule has 2 amide bonds. The van der Waals surface area contributed by atoms with Crippen LogP contribution in [0, 0.1) is 5.92 Å². The van der Waals surface area contributed by atoms with Crippen molar-refractivity contribution in [2.75, 3.05) is 31.8 Å². The number of amides is 2. The molecule has 2 aliphatic heterocycles. The van der Waals surface area contributed by atoms with E-state index in [4.69, 9.17) is 4.74 Å². The maximum absolute atomic E-state index is 12.7. The highest BCUT2D eigenvalue weighted by Crippen LogP contribution is 2.26. The number of aromatic nitrogens is 2. The minimum atomic E-state index is -2.99. The van der Waals surface area contributed by atoms with Crippen molar-refractivity contribution in [2.45, 2.75) is 38.8 Å². The molecule has 2 aliphatic rings. The third-order valence-corrected chi connectivity index (χ3v) is 6.87. The summed E-state index contributed by atoms with van der Waals surface area (Å²) in [7, 11) is -1.41. The zero-order chi connectivity index (χ0) is 19.6. The Morgan fingerprint density at radius 3 is 2.74 bits per heavy atom. The molecule has 3 rings (SSSR count). The lowest BCUT2D eigenvalue weighted by atomic mass is 9.98. The van der Waals surface area contributed by atoms with Crippen LogP contribution in [-0.2, 0) is 32.3 Å². The summed E-state index contributed by atoms with van der Waals surface area (Å²) in [6.45, 7) is 3.14. The predicted molar refractivity (Wildman–Crippen MR) is 97.9 cm³/mol. The Morgan fingerprint density at radius 1 is 1.37 bits per heavy atom. The third kappa shape index (κ3) is 4.49. The quantitative estimate of drug-likeness (QED) is 0.713. The number of carbonyl (C=O) groups excluding carboxylic acids is 2. The second-order valence-corrected chi connectivity index (χ2v) is 9.60. The molecule has 0 radical (unpaired) electrons. The fraction of sp³-hybridized carbons (Fsp3) is 0.706. The van der Waals surface area contributed by atoms with E-state index < -0.39 is 9.84 Å². The van der Waals surface area contributed by atoms with Gasteiger partial charge >= 0.3 is 0 Å². The third-order valence-electron chi connectivity index (χ3n) is 5.16. The van der Waals surface area contributed by atoms with E-state index in [2.05, 4.69) is 15.5 Å². The molecule has 0 aromatic carbocycles. The highest BCUT2D eigenvalue weighted by Gasteiger charge is 2.34. The zero-order valence-electron chi connectivity index (χ0n) is 15.7. The van der Waals surface area contributed by atoms with Gasteiger partial charge in [0.2, 0.25) is 5.91 Å². The van der Waals surface area contributed by atoms with Crippen molar-refractivity contribution in [3.05, 3.63) is 17.0 Å². The number of nitrogens with one attached hydrogen (secondary N) is 2. The minimum absolute atomic E-state index is 0.00938. The van der Waals surface area contributed by atoms with E-state index in [1.165, 1.54) is 0 Å². The number of hydrogen-bond acceptors (Lipinski definition) is 6. The molecule has 1 aromatic rings. The number of carbonyl (C=O) groups is 2. The Balaban J connectivity index is 1.63. The summed E-state index contributed by atoms with van der Waals surface area (Å²) in [5, 5.41) is 9.87. The summed E-state index contributed by atoms with van der Waals surface area (Å²) in [4.78, 5) is 26.9. The Labute approximate surface area is 158 Å². The van der Waals surface area contributed by atoms with Crippen LogP contribution in [0.15, 0.2) is 0 Å². The summed E-state index contributed by atoms with van der Waals surface area (Å²) >= 11 is 0. The molecule has 9 nitrogen and oxygen atoms in total. The number of hydrogen-bond donors (Lipinski definition) is 2. The number of nitrogens with zero attached hydrogens (tertiary/aromatic N) is 2. The molecule has 1 aromatic heterocycles. The van der Waals surface area contributed by atoms with Crippen LogP contribution in [0.4, 0.5) is 0 Å². The lowest BCUT2D eigenvalue weighted by molar-refractivity contribution is -0.136. The Morgan fingerprint density at radius 2 is 2.07 bits per heavy atom. The van der Waals surface area contributed by atoms with Crippen LogP contribution < -0.4 is 5.32 Å². The predicted octanol–water partition coefficient (Wildman–Crippen LogP) is -0.116. The monoisotopic (exact) mass is 398 g/mol. The van der Waals surface area contributed by atoms with E-state index in [9.17, 15) is 18.0 Å². The fourth-order valence-corrected chi connectivity index (χ4v) is 5.16. The van der Waals surface area contributed by atoms with Crippen molar-refractivity contribution in [2.24, 2.45) is 5.92 Å². The van der Waals surface area contributed by atoms with Crippen molar-refractivity contribution < 1.29 is 22.7 Å². The smallest absolute Gasteiger partial charge is 0.272 e. The van der Waals surface area contributed by atoms with Crippen molar-refractivity contribution in [3.63, 3.8) is 0 Å². The highest BCUT2D eigenvalue weighted by molar-refractivity contribution is 7.91. The Hall–Kier alpha value is -1.94. The summed E-state index contributed by atoms with van der Waals surface area (Å²) < 4.78 is 28.1. The Kier molecular flexibility index (Phi) is 5.85. The van der Waals surface area contributed by atoms with Gasteiger partial charge < -0.3 is 15.0 Å². The van der Waals surface area contributed by atoms with Gasteiger partial charge in [0.05, 0.1) is 30.4 Å². The molecule has 0 saturated carbocycles. The van der Waals surface area contributed by atoms with Gasteiger partial charge in [-0.25, -0.2) is 8.42 Å². The maximum Gasteiger partial charge on any atom is 0.272 e. The van der Waals surface area contributed by atoms with E-state index in [-0.39, 0.29) is 35.3 Å². The Bertz CT molecular complexity index is 805. The standard InChI is InChI=1S/C17H26N4O5S/c1-11(10-26-2)18-16(22)15-13-3-6-21(9-14(13)19-20-15)17(23)12-4-7-27(24,25)8-5-12/h11-12H,3-10H2,1-2H3,(H,18,22)(H,19,20). The van der Waals surface area contributed by atoms with Gasteiger partial charge in [-0.1, -0.05) is 0 Å². The minimum Gasteiger partial charge on any atom is -0.383 e. The number of methoxy groups -OCH3 is 1. The van der Waals surface area contributed by atoms with E-state index >= 15 is 0 Å². The van der Waals surface area contributed by atoms with Crippen LogP contribution in [0.5, 0.6) is 0 Å². The van der Waals surface area contributed by atoms with Gasteiger partial charge in [-0.05, 0) is 26.2 Å². The average Bonchev–Trinajstić information content (AvgIpc) is 3.04. The SMILES string of the molecule is COCC(C)NC(=O)c1n[nH]c2c1CCN(C(=O)C1CCS(=O)(=O)CC1)C2. The van der Waals surface area contributed by atoms with Gasteiger partial charge in [0.1, 0.15) is 9.84 Å². The lowest BCUT2D eigenvalue weighted by Crippen LogP contribution is -2.42. The van der Waals surface area contributed by atoms with Gasteiger partial charge in [0.15, 0.2) is 5.69 Å². The lowest BCUT2D eigenvalue weighted by Gasteiger charge is -2.31. The number of rotatable bonds is 5. The zero-order valence-corrected chi connectivity index (χ0v) is 16.5. The summed E-state index contributed by atoms with van der Waals surface area (Å²) in [5.41, 5.74) is 1.97. The molecule has 0 aliphatic carbocycles. The molecule has 1 unspecified atom stereocenters. The highest BCUT2D eigenvalue weighted by atomic mass is 32.2. The first-order valence-electron chi connectivity index (χ1n) is 9.16. The second kappa shape index (κ2) is 7.97. The number of sulfone groups is 1. The maximum atomic E-state index is 12.7. The molecule has 2 N–H and O–H groups in total. The first-order chi connectivity index (χ1) is 12.8. The number of fused-ring (bicyclic) bond motifs is 1. The van der Waals surface area contributed by atoms with E-state index in [0.29, 0.717) is 44.7 Å². The van der Waals surface area contributed by atoms with Crippen LogP contribution in [0.2, 0.25) is 0 Å². The van der Waals surface area contributed by atoms with Crippen molar-refractivity contribution in [1.82, 2.24) is 20.4 Å². The molecular weight excluding hydrogens is 372 g/mol. The number of ether oxygens (including phenoxy) is 1. The van der Waals surface area contributed by atoms with Crippen LogP contribution in [-0.4, -0.2) is 73.1 Å². The normalized spacial score (nSPS) is 20.7.